The summed E-state index contributed by atoms with van der Waals surface area (Å²) in [6.07, 6.45) is 1.86. The van der Waals surface area contributed by atoms with Gasteiger partial charge in [-0.15, -0.1) is 0 Å². The van der Waals surface area contributed by atoms with Crippen LogP contribution in [0, 0.1) is 5.82 Å². The normalized spacial score (nSPS) is 13.9. The molecule has 1 N–H and O–H groups in total. The highest BCUT2D eigenvalue weighted by molar-refractivity contribution is 5.88. The smallest absolute Gasteiger partial charge is 0.335 e. The first kappa shape index (κ1) is 13.6. The van der Waals surface area contributed by atoms with Gasteiger partial charge in [-0.3, -0.25) is 0 Å². The van der Waals surface area contributed by atoms with Crippen LogP contribution in [0.3, 0.4) is 0 Å². The number of carboxylic acid groups (broad SMARTS) is 1. The molecule has 0 radical (unpaired) electrons. The first-order chi connectivity index (χ1) is 10.1. The molecule has 0 aromatic heterocycles. The summed E-state index contributed by atoms with van der Waals surface area (Å²) in [5, 5.41) is 9.06. The van der Waals surface area contributed by atoms with Crippen LogP contribution in [0.25, 0.3) is 0 Å². The monoisotopic (exact) mass is 285 g/mol. The Kier molecular flexibility index (Phi) is 3.60. The first-order valence-electron chi connectivity index (χ1n) is 6.99. The molecule has 1 aliphatic heterocycles. The van der Waals surface area contributed by atoms with Gasteiger partial charge in [-0.2, -0.15) is 0 Å². The average molecular weight is 285 g/mol. The van der Waals surface area contributed by atoms with Crippen LogP contribution in [0.1, 0.15) is 27.9 Å². The van der Waals surface area contributed by atoms with Crippen molar-refractivity contribution >= 4 is 11.7 Å². The van der Waals surface area contributed by atoms with Gasteiger partial charge in [-0.1, -0.05) is 12.1 Å². The summed E-state index contributed by atoms with van der Waals surface area (Å²) >= 11 is 0. The highest BCUT2D eigenvalue weighted by Gasteiger charge is 2.18. The summed E-state index contributed by atoms with van der Waals surface area (Å²) in [7, 11) is 0. The molecule has 3 rings (SSSR count). The van der Waals surface area contributed by atoms with E-state index >= 15 is 0 Å². The molecule has 3 nitrogen and oxygen atoms in total. The molecule has 21 heavy (non-hydrogen) atoms. The van der Waals surface area contributed by atoms with E-state index < -0.39 is 5.97 Å². The van der Waals surface area contributed by atoms with E-state index in [2.05, 4.69) is 4.90 Å². The zero-order valence-corrected chi connectivity index (χ0v) is 11.6. The molecule has 0 unspecified atom stereocenters. The van der Waals surface area contributed by atoms with E-state index in [0.717, 1.165) is 36.2 Å². The predicted octanol–water partition coefficient (Wildman–Crippen LogP) is 3.48. The summed E-state index contributed by atoms with van der Waals surface area (Å²) < 4.78 is 13.3. The van der Waals surface area contributed by atoms with Crippen LogP contribution in [0.15, 0.2) is 42.5 Å². The van der Waals surface area contributed by atoms with Gasteiger partial charge < -0.3 is 10.0 Å². The third-order valence-electron chi connectivity index (χ3n) is 3.80. The molecule has 0 saturated heterocycles. The lowest BCUT2D eigenvalue weighted by atomic mass is 9.98. The number of anilines is 1. The second kappa shape index (κ2) is 5.56. The van der Waals surface area contributed by atoms with Crippen LogP contribution in [-0.4, -0.2) is 17.6 Å². The first-order valence-corrected chi connectivity index (χ1v) is 6.99. The van der Waals surface area contributed by atoms with Crippen LogP contribution >= 0.6 is 0 Å². The average Bonchev–Trinajstić information content (AvgIpc) is 2.47. The Morgan fingerprint density at radius 3 is 2.86 bits per heavy atom. The highest BCUT2D eigenvalue weighted by atomic mass is 19.1. The third kappa shape index (κ3) is 2.89. The minimum absolute atomic E-state index is 0.231. The van der Waals surface area contributed by atoms with E-state index in [1.807, 2.05) is 12.1 Å². The Morgan fingerprint density at radius 1 is 1.24 bits per heavy atom. The van der Waals surface area contributed by atoms with Gasteiger partial charge in [0, 0.05) is 18.8 Å². The highest BCUT2D eigenvalue weighted by Crippen LogP contribution is 2.29. The molecule has 0 fully saturated rings. The Hall–Kier alpha value is -2.36. The van der Waals surface area contributed by atoms with Gasteiger partial charge >= 0.3 is 5.97 Å². The van der Waals surface area contributed by atoms with Crippen molar-refractivity contribution in [1.29, 1.82) is 0 Å². The standard InChI is InChI=1S/C17H16FNO2/c18-15-5-1-3-12(9-15)11-19-8-2-4-13-10-14(17(20)21)6-7-16(13)19/h1,3,5-7,9-10H,2,4,8,11H2,(H,20,21). The Morgan fingerprint density at radius 2 is 2.10 bits per heavy atom. The zero-order chi connectivity index (χ0) is 14.8. The predicted molar refractivity (Wildman–Crippen MR) is 79.2 cm³/mol. The number of hydrogen-bond donors (Lipinski definition) is 1. The van der Waals surface area contributed by atoms with Crippen molar-refractivity contribution in [2.45, 2.75) is 19.4 Å². The van der Waals surface area contributed by atoms with Crippen LogP contribution in [0.2, 0.25) is 0 Å². The maximum Gasteiger partial charge on any atom is 0.335 e. The van der Waals surface area contributed by atoms with Gasteiger partial charge in [0.2, 0.25) is 0 Å². The fraction of sp³-hybridized carbons (Fsp3) is 0.235. The fourth-order valence-electron chi connectivity index (χ4n) is 2.83. The summed E-state index contributed by atoms with van der Waals surface area (Å²) in [5.74, 6) is -1.13. The molecule has 2 aromatic carbocycles. The molecule has 0 saturated carbocycles. The molecule has 108 valence electrons. The fourth-order valence-corrected chi connectivity index (χ4v) is 2.83. The van der Waals surface area contributed by atoms with E-state index in [1.165, 1.54) is 6.07 Å². The molecule has 4 heteroatoms. The van der Waals surface area contributed by atoms with Crippen molar-refractivity contribution in [3.8, 4) is 0 Å². The van der Waals surface area contributed by atoms with Gasteiger partial charge in [0.25, 0.3) is 0 Å². The van der Waals surface area contributed by atoms with Crippen molar-refractivity contribution in [2.75, 3.05) is 11.4 Å². The van der Waals surface area contributed by atoms with E-state index in [9.17, 15) is 9.18 Å². The van der Waals surface area contributed by atoms with Crippen molar-refractivity contribution < 1.29 is 14.3 Å². The molecular formula is C17H16FNO2. The minimum atomic E-state index is -0.903. The molecule has 0 spiro atoms. The Labute approximate surface area is 122 Å². The number of fused-ring (bicyclic) bond motifs is 1. The van der Waals surface area contributed by atoms with Crippen molar-refractivity contribution in [2.24, 2.45) is 0 Å². The van der Waals surface area contributed by atoms with Crippen molar-refractivity contribution in [3.05, 3.63) is 65.0 Å². The Bertz CT molecular complexity index is 684. The molecule has 1 heterocycles. The quantitative estimate of drug-likeness (QED) is 0.938. The van der Waals surface area contributed by atoms with Crippen LogP contribution in [-0.2, 0) is 13.0 Å². The second-order valence-electron chi connectivity index (χ2n) is 5.30. The molecule has 0 bridgehead atoms. The lowest BCUT2D eigenvalue weighted by molar-refractivity contribution is 0.0696. The molecule has 0 aliphatic carbocycles. The van der Waals surface area contributed by atoms with Gasteiger partial charge in [0.15, 0.2) is 0 Å². The van der Waals surface area contributed by atoms with E-state index in [-0.39, 0.29) is 5.82 Å². The third-order valence-corrected chi connectivity index (χ3v) is 3.80. The topological polar surface area (TPSA) is 40.5 Å². The number of carboxylic acids is 1. The lowest BCUT2D eigenvalue weighted by Crippen LogP contribution is -2.29. The van der Waals surface area contributed by atoms with Gasteiger partial charge in [-0.25, -0.2) is 9.18 Å². The number of benzene rings is 2. The maximum atomic E-state index is 13.3. The molecule has 2 aromatic rings. The number of carbonyl (C=O) groups is 1. The molecular weight excluding hydrogens is 269 g/mol. The van der Waals surface area contributed by atoms with Crippen molar-refractivity contribution in [1.82, 2.24) is 0 Å². The van der Waals surface area contributed by atoms with E-state index in [4.69, 9.17) is 5.11 Å². The van der Waals surface area contributed by atoms with E-state index in [0.29, 0.717) is 12.1 Å². The molecule has 0 amide bonds. The van der Waals surface area contributed by atoms with Crippen LogP contribution < -0.4 is 4.90 Å². The minimum Gasteiger partial charge on any atom is -0.478 e. The number of hydrogen-bond acceptors (Lipinski definition) is 2. The largest absolute Gasteiger partial charge is 0.478 e. The summed E-state index contributed by atoms with van der Waals surface area (Å²) in [6.45, 7) is 1.53. The van der Waals surface area contributed by atoms with Crippen LogP contribution in [0.5, 0.6) is 0 Å². The molecule has 0 atom stereocenters. The van der Waals surface area contributed by atoms with Crippen LogP contribution in [0.4, 0.5) is 10.1 Å². The summed E-state index contributed by atoms with van der Waals surface area (Å²) in [5.41, 5.74) is 3.35. The van der Waals surface area contributed by atoms with Gasteiger partial charge in [-0.05, 0) is 54.3 Å². The lowest BCUT2D eigenvalue weighted by Gasteiger charge is -2.31. The SMILES string of the molecule is O=C(O)c1ccc2c(c1)CCCN2Cc1cccc(F)c1. The number of aromatic carboxylic acids is 1. The van der Waals surface area contributed by atoms with Gasteiger partial charge in [0.05, 0.1) is 5.56 Å². The maximum absolute atomic E-state index is 13.3. The number of halogens is 1. The number of nitrogens with zero attached hydrogens (tertiary/aromatic N) is 1. The summed E-state index contributed by atoms with van der Waals surface area (Å²) in [4.78, 5) is 13.2. The number of rotatable bonds is 3. The zero-order valence-electron chi connectivity index (χ0n) is 11.6. The molecule has 1 aliphatic rings. The number of aryl methyl sites for hydroxylation is 1. The van der Waals surface area contributed by atoms with Crippen molar-refractivity contribution in [3.63, 3.8) is 0 Å². The van der Waals surface area contributed by atoms with Gasteiger partial charge in [0.1, 0.15) is 5.82 Å². The van der Waals surface area contributed by atoms with E-state index in [1.54, 1.807) is 24.3 Å². The second-order valence-corrected chi connectivity index (χ2v) is 5.30. The summed E-state index contributed by atoms with van der Waals surface area (Å²) in [6, 6.07) is 11.8. The Balaban J connectivity index is 1.88.